The van der Waals surface area contributed by atoms with Gasteiger partial charge in [-0.2, -0.15) is 5.10 Å². The van der Waals surface area contributed by atoms with Crippen LogP contribution in [0, 0.1) is 18.8 Å². The highest BCUT2D eigenvalue weighted by atomic mass is 16.1. The van der Waals surface area contributed by atoms with Crippen LogP contribution in [0.15, 0.2) is 30.5 Å². The number of nitrogens with zero attached hydrogens (tertiary/aromatic N) is 2. The largest absolute Gasteiger partial charge is 0.320 e. The second-order valence-corrected chi connectivity index (χ2v) is 4.33. The van der Waals surface area contributed by atoms with Gasteiger partial charge in [-0.25, -0.2) is 0 Å². The normalized spacial score (nSPS) is 9.75. The molecule has 1 amide bonds. The maximum absolute atomic E-state index is 12.3. The van der Waals surface area contributed by atoms with E-state index in [2.05, 4.69) is 22.3 Å². The molecule has 0 aliphatic rings. The van der Waals surface area contributed by atoms with Gasteiger partial charge in [0.1, 0.15) is 5.82 Å². The number of amides is 1. The van der Waals surface area contributed by atoms with Crippen molar-refractivity contribution >= 4 is 11.7 Å². The second kappa shape index (κ2) is 6.04. The Balaban J connectivity index is 2.27. The zero-order valence-corrected chi connectivity index (χ0v) is 11.5. The third kappa shape index (κ3) is 3.05. The number of nitrogens with one attached hydrogen (secondary N) is 1. The first kappa shape index (κ1) is 13.8. The van der Waals surface area contributed by atoms with Gasteiger partial charge in [-0.05, 0) is 24.6 Å². The van der Waals surface area contributed by atoms with E-state index >= 15 is 0 Å². The molecule has 102 valence electrons. The predicted octanol–water partition coefficient (Wildman–Crippen LogP) is 1.29. The maximum Gasteiger partial charge on any atom is 0.257 e. The lowest BCUT2D eigenvalue weighted by molar-refractivity contribution is 0.102. The summed E-state index contributed by atoms with van der Waals surface area (Å²) in [6, 6.07) is 7.26. The molecular weight excluding hydrogens is 252 g/mol. The van der Waals surface area contributed by atoms with Crippen LogP contribution in [0.2, 0.25) is 0 Å². The topological polar surface area (TPSA) is 72.9 Å². The molecule has 0 atom stereocenters. The lowest BCUT2D eigenvalue weighted by Gasteiger charge is -2.08. The minimum absolute atomic E-state index is 0.178. The number of hydrogen-bond donors (Lipinski definition) is 2. The Morgan fingerprint density at radius 2 is 2.25 bits per heavy atom. The fourth-order valence-electron chi connectivity index (χ4n) is 1.78. The number of nitrogens with two attached hydrogens (primary N) is 1. The minimum atomic E-state index is -0.178. The summed E-state index contributed by atoms with van der Waals surface area (Å²) in [5.74, 6) is 6.17. The van der Waals surface area contributed by atoms with Gasteiger partial charge in [0.15, 0.2) is 0 Å². The minimum Gasteiger partial charge on any atom is -0.320 e. The molecule has 0 bridgehead atoms. The van der Waals surface area contributed by atoms with E-state index in [-0.39, 0.29) is 5.91 Å². The first-order chi connectivity index (χ1) is 9.61. The van der Waals surface area contributed by atoms with E-state index in [0.717, 1.165) is 11.1 Å². The fourth-order valence-corrected chi connectivity index (χ4v) is 1.78. The number of aryl methyl sites for hydroxylation is 2. The number of hydrogen-bond acceptors (Lipinski definition) is 3. The van der Waals surface area contributed by atoms with Crippen LogP contribution in [-0.4, -0.2) is 22.2 Å². The van der Waals surface area contributed by atoms with Gasteiger partial charge < -0.3 is 11.1 Å². The number of carbonyl (C=O) groups is 1. The Kier molecular flexibility index (Phi) is 4.18. The molecule has 20 heavy (non-hydrogen) atoms. The quantitative estimate of drug-likeness (QED) is 0.806. The summed E-state index contributed by atoms with van der Waals surface area (Å²) < 4.78 is 1.60. The van der Waals surface area contributed by atoms with Crippen molar-refractivity contribution in [2.45, 2.75) is 6.92 Å². The Bertz CT molecular complexity index is 691. The summed E-state index contributed by atoms with van der Waals surface area (Å²) in [6.07, 6.45) is 1.63. The molecule has 0 fully saturated rings. The van der Waals surface area contributed by atoms with Gasteiger partial charge in [-0.3, -0.25) is 9.48 Å². The zero-order valence-electron chi connectivity index (χ0n) is 11.5. The second-order valence-electron chi connectivity index (χ2n) is 4.33. The standard InChI is InChI=1S/C15H16N4O/c1-11-5-6-12(4-3-8-16)10-13(11)15(20)18-14-7-9-17-19(14)2/h5-7,9-10H,8,16H2,1-2H3,(H,18,20). The molecule has 0 aliphatic carbocycles. The van der Waals surface area contributed by atoms with Crippen molar-refractivity contribution in [1.29, 1.82) is 0 Å². The van der Waals surface area contributed by atoms with Crippen LogP contribution in [-0.2, 0) is 7.05 Å². The molecule has 1 heterocycles. The smallest absolute Gasteiger partial charge is 0.257 e. The Hall–Kier alpha value is -2.58. The number of benzene rings is 1. The van der Waals surface area contributed by atoms with Gasteiger partial charge in [-0.15, -0.1) is 0 Å². The predicted molar refractivity (Wildman–Crippen MR) is 78.3 cm³/mol. The molecule has 0 unspecified atom stereocenters. The molecule has 5 nitrogen and oxygen atoms in total. The van der Waals surface area contributed by atoms with Crippen LogP contribution < -0.4 is 11.1 Å². The summed E-state index contributed by atoms with van der Waals surface area (Å²) in [4.78, 5) is 12.3. The van der Waals surface area contributed by atoms with Crippen LogP contribution in [0.5, 0.6) is 0 Å². The SMILES string of the molecule is Cc1ccc(C#CCN)cc1C(=O)Nc1ccnn1C. The van der Waals surface area contributed by atoms with Gasteiger partial charge in [0.25, 0.3) is 5.91 Å². The van der Waals surface area contributed by atoms with E-state index in [1.54, 1.807) is 30.1 Å². The first-order valence-corrected chi connectivity index (χ1v) is 6.20. The summed E-state index contributed by atoms with van der Waals surface area (Å²) in [7, 11) is 1.77. The van der Waals surface area contributed by atoms with Gasteiger partial charge in [0, 0.05) is 24.2 Å². The number of carbonyl (C=O) groups excluding carboxylic acids is 1. The molecule has 0 aliphatic heterocycles. The van der Waals surface area contributed by atoms with E-state index < -0.39 is 0 Å². The van der Waals surface area contributed by atoms with Crippen molar-refractivity contribution in [2.75, 3.05) is 11.9 Å². The van der Waals surface area contributed by atoms with Crippen molar-refractivity contribution in [3.8, 4) is 11.8 Å². The Labute approximate surface area is 117 Å². The monoisotopic (exact) mass is 268 g/mol. The first-order valence-electron chi connectivity index (χ1n) is 6.20. The van der Waals surface area contributed by atoms with Crippen LogP contribution in [0.25, 0.3) is 0 Å². The number of anilines is 1. The highest BCUT2D eigenvalue weighted by Gasteiger charge is 2.11. The van der Waals surface area contributed by atoms with Crippen molar-refractivity contribution in [3.63, 3.8) is 0 Å². The highest BCUT2D eigenvalue weighted by Crippen LogP contribution is 2.13. The molecule has 2 aromatic rings. The molecule has 0 saturated carbocycles. The molecule has 5 heteroatoms. The van der Waals surface area contributed by atoms with Gasteiger partial charge in [0.05, 0.1) is 12.7 Å². The lowest BCUT2D eigenvalue weighted by atomic mass is 10.0. The van der Waals surface area contributed by atoms with E-state index in [1.165, 1.54) is 0 Å². The number of aromatic nitrogens is 2. The van der Waals surface area contributed by atoms with Crippen LogP contribution in [0.3, 0.4) is 0 Å². The van der Waals surface area contributed by atoms with Crippen LogP contribution in [0.4, 0.5) is 5.82 Å². The maximum atomic E-state index is 12.3. The van der Waals surface area contributed by atoms with Crippen molar-refractivity contribution < 1.29 is 4.79 Å². The third-order valence-corrected chi connectivity index (χ3v) is 2.88. The number of rotatable bonds is 2. The highest BCUT2D eigenvalue weighted by molar-refractivity contribution is 6.05. The van der Waals surface area contributed by atoms with Crippen LogP contribution >= 0.6 is 0 Å². The van der Waals surface area contributed by atoms with Crippen LogP contribution in [0.1, 0.15) is 21.5 Å². The van der Waals surface area contributed by atoms with Crippen molar-refractivity contribution in [1.82, 2.24) is 9.78 Å². The fraction of sp³-hybridized carbons (Fsp3) is 0.200. The average Bonchev–Trinajstić information content (AvgIpc) is 2.83. The Morgan fingerprint density at radius 3 is 2.90 bits per heavy atom. The summed E-state index contributed by atoms with van der Waals surface area (Å²) >= 11 is 0. The van der Waals surface area contributed by atoms with E-state index in [4.69, 9.17) is 5.73 Å². The molecular formula is C15H16N4O. The molecule has 0 radical (unpaired) electrons. The molecule has 3 N–H and O–H groups in total. The third-order valence-electron chi connectivity index (χ3n) is 2.88. The van der Waals surface area contributed by atoms with E-state index in [1.807, 2.05) is 19.1 Å². The van der Waals surface area contributed by atoms with E-state index in [0.29, 0.717) is 17.9 Å². The van der Waals surface area contributed by atoms with Crippen molar-refractivity contribution in [2.24, 2.45) is 12.8 Å². The van der Waals surface area contributed by atoms with Gasteiger partial charge in [0.2, 0.25) is 0 Å². The molecule has 0 saturated heterocycles. The summed E-state index contributed by atoms with van der Waals surface area (Å²) in [6.45, 7) is 2.18. The lowest BCUT2D eigenvalue weighted by Crippen LogP contribution is -2.16. The summed E-state index contributed by atoms with van der Waals surface area (Å²) in [5.41, 5.74) is 7.61. The average molecular weight is 268 g/mol. The molecule has 1 aromatic heterocycles. The van der Waals surface area contributed by atoms with Gasteiger partial charge in [-0.1, -0.05) is 17.9 Å². The van der Waals surface area contributed by atoms with Crippen molar-refractivity contribution in [3.05, 3.63) is 47.2 Å². The van der Waals surface area contributed by atoms with E-state index in [9.17, 15) is 4.79 Å². The Morgan fingerprint density at radius 1 is 1.45 bits per heavy atom. The summed E-state index contributed by atoms with van der Waals surface area (Å²) in [5, 5.41) is 6.83. The van der Waals surface area contributed by atoms with Gasteiger partial charge >= 0.3 is 0 Å². The molecule has 2 rings (SSSR count). The molecule has 0 spiro atoms. The zero-order chi connectivity index (χ0) is 14.5. The molecule has 1 aromatic carbocycles.